The van der Waals surface area contributed by atoms with Crippen LogP contribution in [0, 0.1) is 16.7 Å². The van der Waals surface area contributed by atoms with E-state index >= 15 is 0 Å². The molecule has 2 aliphatic rings. The number of pyridine rings is 1. The fourth-order valence-corrected chi connectivity index (χ4v) is 4.24. The molecule has 3 rings (SSSR count). The lowest BCUT2D eigenvalue weighted by molar-refractivity contribution is 0.120. The Hall–Kier alpha value is -0.890. The largest absolute Gasteiger partial charge is 0.308 e. The van der Waals surface area contributed by atoms with Crippen LogP contribution in [-0.4, -0.2) is 11.0 Å². The minimum Gasteiger partial charge on any atom is -0.308 e. The highest BCUT2D eigenvalue weighted by Gasteiger charge is 2.60. The van der Waals surface area contributed by atoms with Crippen molar-refractivity contribution in [3.05, 3.63) is 30.1 Å². The Morgan fingerprint density at radius 1 is 1.33 bits per heavy atom. The highest BCUT2D eigenvalue weighted by Crippen LogP contribution is 2.65. The maximum Gasteiger partial charge on any atom is 0.0541 e. The van der Waals surface area contributed by atoms with Crippen molar-refractivity contribution in [2.75, 3.05) is 0 Å². The zero-order valence-electron chi connectivity index (χ0n) is 11.7. The van der Waals surface area contributed by atoms with E-state index < -0.39 is 0 Å². The fourth-order valence-electron chi connectivity index (χ4n) is 4.24. The zero-order chi connectivity index (χ0) is 12.8. The summed E-state index contributed by atoms with van der Waals surface area (Å²) in [5, 5.41) is 3.76. The van der Waals surface area contributed by atoms with Crippen molar-refractivity contribution < 1.29 is 0 Å². The van der Waals surface area contributed by atoms with Gasteiger partial charge in [-0.3, -0.25) is 4.98 Å². The lowest BCUT2D eigenvalue weighted by atomic mass is 9.69. The molecule has 2 nitrogen and oxygen atoms in total. The maximum absolute atomic E-state index is 4.40. The van der Waals surface area contributed by atoms with Crippen LogP contribution in [0.1, 0.15) is 45.7 Å². The Balaban J connectivity index is 1.69. The van der Waals surface area contributed by atoms with Crippen molar-refractivity contribution in [1.29, 1.82) is 0 Å². The number of rotatable bonds is 3. The van der Waals surface area contributed by atoms with Gasteiger partial charge in [-0.1, -0.05) is 26.8 Å². The lowest BCUT2D eigenvalue weighted by Crippen LogP contribution is -2.44. The predicted octanol–water partition coefficient (Wildman–Crippen LogP) is 3.39. The monoisotopic (exact) mass is 244 g/mol. The van der Waals surface area contributed by atoms with Gasteiger partial charge >= 0.3 is 0 Å². The second-order valence-electron chi connectivity index (χ2n) is 6.87. The van der Waals surface area contributed by atoms with Crippen molar-refractivity contribution in [2.24, 2.45) is 16.7 Å². The molecule has 1 aromatic heterocycles. The van der Waals surface area contributed by atoms with Gasteiger partial charge < -0.3 is 5.32 Å². The lowest BCUT2D eigenvalue weighted by Gasteiger charge is -2.39. The van der Waals surface area contributed by atoms with E-state index in [1.54, 1.807) is 0 Å². The second-order valence-corrected chi connectivity index (χ2v) is 6.87. The molecule has 0 saturated heterocycles. The first-order valence-corrected chi connectivity index (χ1v) is 7.17. The van der Waals surface area contributed by atoms with Gasteiger partial charge in [0.25, 0.3) is 0 Å². The minimum absolute atomic E-state index is 0.465. The predicted molar refractivity (Wildman–Crippen MR) is 74.1 cm³/mol. The van der Waals surface area contributed by atoms with Gasteiger partial charge in [-0.2, -0.15) is 0 Å². The number of nitrogens with one attached hydrogen (secondary N) is 1. The molecule has 2 heteroatoms. The molecular formula is C16H24N2. The average Bonchev–Trinajstić information content (AvgIpc) is 2.70. The smallest absolute Gasteiger partial charge is 0.0541 e. The number of hydrogen-bond acceptors (Lipinski definition) is 2. The van der Waals surface area contributed by atoms with Crippen LogP contribution >= 0.6 is 0 Å². The molecule has 3 atom stereocenters. The molecule has 0 aromatic carbocycles. The summed E-state index contributed by atoms with van der Waals surface area (Å²) in [6, 6.07) is 6.81. The van der Waals surface area contributed by atoms with E-state index in [-0.39, 0.29) is 0 Å². The summed E-state index contributed by atoms with van der Waals surface area (Å²) in [7, 11) is 0. The Kier molecular flexibility index (Phi) is 2.74. The molecule has 1 heterocycles. The summed E-state index contributed by atoms with van der Waals surface area (Å²) >= 11 is 0. The molecule has 0 spiro atoms. The normalized spacial score (nSPS) is 37.1. The van der Waals surface area contributed by atoms with Crippen LogP contribution in [0.5, 0.6) is 0 Å². The van der Waals surface area contributed by atoms with Crippen molar-refractivity contribution in [2.45, 2.75) is 52.6 Å². The minimum atomic E-state index is 0.465. The number of fused-ring (bicyclic) bond motifs is 2. The van der Waals surface area contributed by atoms with Crippen molar-refractivity contribution in [3.8, 4) is 0 Å². The standard InChI is InChI=1S/C16H24N2/c1-15(2)12-7-8-16(15,3)14(10-12)18-11-13-6-4-5-9-17-13/h4-6,9,12,14,18H,7-8,10-11H2,1-3H3/t12-,14?,16+/m1/s1. The van der Waals surface area contributed by atoms with E-state index in [1.165, 1.54) is 19.3 Å². The Morgan fingerprint density at radius 3 is 2.72 bits per heavy atom. The third kappa shape index (κ3) is 1.62. The first-order valence-electron chi connectivity index (χ1n) is 7.17. The number of hydrogen-bond donors (Lipinski definition) is 1. The van der Waals surface area contributed by atoms with Crippen LogP contribution in [0.2, 0.25) is 0 Å². The maximum atomic E-state index is 4.40. The molecule has 1 unspecified atom stereocenters. The zero-order valence-corrected chi connectivity index (χ0v) is 11.7. The summed E-state index contributed by atoms with van der Waals surface area (Å²) in [4.78, 5) is 4.40. The molecule has 18 heavy (non-hydrogen) atoms. The van der Waals surface area contributed by atoms with Gasteiger partial charge in [0, 0.05) is 18.8 Å². The third-order valence-corrected chi connectivity index (χ3v) is 6.05. The summed E-state index contributed by atoms with van der Waals surface area (Å²) in [5.74, 6) is 0.906. The summed E-state index contributed by atoms with van der Waals surface area (Å²) in [5.41, 5.74) is 2.11. The molecule has 2 fully saturated rings. The van der Waals surface area contributed by atoms with Crippen LogP contribution in [0.15, 0.2) is 24.4 Å². The molecule has 1 N–H and O–H groups in total. The van der Waals surface area contributed by atoms with E-state index in [4.69, 9.17) is 0 Å². The van der Waals surface area contributed by atoms with Crippen LogP contribution in [0.25, 0.3) is 0 Å². The van der Waals surface area contributed by atoms with Gasteiger partial charge in [0.2, 0.25) is 0 Å². The molecule has 1 aromatic rings. The molecular weight excluding hydrogens is 220 g/mol. The number of aromatic nitrogens is 1. The van der Waals surface area contributed by atoms with Crippen LogP contribution < -0.4 is 5.32 Å². The topological polar surface area (TPSA) is 24.9 Å². The molecule has 0 radical (unpaired) electrons. The number of nitrogens with zero attached hydrogens (tertiary/aromatic N) is 1. The van der Waals surface area contributed by atoms with Gasteiger partial charge in [0.05, 0.1) is 5.69 Å². The first kappa shape index (κ1) is 12.2. The molecule has 2 saturated carbocycles. The van der Waals surface area contributed by atoms with Gasteiger partial charge in [0.1, 0.15) is 0 Å². The molecule has 0 amide bonds. The van der Waals surface area contributed by atoms with Gasteiger partial charge in [0.15, 0.2) is 0 Å². The van der Waals surface area contributed by atoms with Gasteiger partial charge in [-0.05, 0) is 48.1 Å². The van der Waals surface area contributed by atoms with E-state index in [1.807, 2.05) is 12.3 Å². The van der Waals surface area contributed by atoms with Crippen molar-refractivity contribution in [3.63, 3.8) is 0 Å². The highest BCUT2D eigenvalue weighted by atomic mass is 15.0. The second kappa shape index (κ2) is 4.06. The van der Waals surface area contributed by atoms with E-state index in [9.17, 15) is 0 Å². The summed E-state index contributed by atoms with van der Waals surface area (Å²) in [6.45, 7) is 8.32. The quantitative estimate of drug-likeness (QED) is 0.881. The Labute approximate surface area is 110 Å². The van der Waals surface area contributed by atoms with Crippen molar-refractivity contribution >= 4 is 0 Å². The van der Waals surface area contributed by atoms with Gasteiger partial charge in [-0.25, -0.2) is 0 Å². The molecule has 2 bridgehead atoms. The van der Waals surface area contributed by atoms with E-state index in [2.05, 4.69) is 43.2 Å². The third-order valence-electron chi connectivity index (χ3n) is 6.05. The molecule has 2 aliphatic carbocycles. The summed E-state index contributed by atoms with van der Waals surface area (Å²) < 4.78 is 0. The van der Waals surface area contributed by atoms with Crippen LogP contribution in [0.3, 0.4) is 0 Å². The fraction of sp³-hybridized carbons (Fsp3) is 0.688. The summed E-state index contributed by atoms with van der Waals surface area (Å²) in [6.07, 6.45) is 6.02. The van der Waals surface area contributed by atoms with E-state index in [0.717, 1.165) is 18.2 Å². The highest BCUT2D eigenvalue weighted by molar-refractivity contribution is 5.13. The van der Waals surface area contributed by atoms with Crippen LogP contribution in [0.4, 0.5) is 0 Å². The van der Waals surface area contributed by atoms with Gasteiger partial charge in [-0.15, -0.1) is 0 Å². The van der Waals surface area contributed by atoms with E-state index in [0.29, 0.717) is 16.9 Å². The Bertz CT molecular complexity index is 426. The Morgan fingerprint density at radius 2 is 2.17 bits per heavy atom. The average molecular weight is 244 g/mol. The molecule has 0 aliphatic heterocycles. The SMILES string of the molecule is CC1(C)[C@@H]2CC[C@@]1(C)C(NCc1ccccn1)C2. The molecule has 98 valence electrons. The first-order chi connectivity index (χ1) is 8.54. The van der Waals surface area contributed by atoms with Crippen LogP contribution in [-0.2, 0) is 6.54 Å². The van der Waals surface area contributed by atoms with Crippen molar-refractivity contribution in [1.82, 2.24) is 10.3 Å².